The first-order chi connectivity index (χ1) is 9.60. The molecule has 20 heavy (non-hydrogen) atoms. The van der Waals surface area contributed by atoms with Gasteiger partial charge in [0.15, 0.2) is 0 Å². The quantitative estimate of drug-likeness (QED) is 0.795. The molecule has 0 heterocycles. The molecule has 0 radical (unpaired) electrons. The molecule has 0 aliphatic rings. The number of rotatable bonds is 4. The second-order valence-electron chi connectivity index (χ2n) is 4.58. The van der Waals surface area contributed by atoms with Crippen molar-refractivity contribution in [3.8, 4) is 0 Å². The highest BCUT2D eigenvalue weighted by Crippen LogP contribution is 2.18. The molecule has 0 saturated carbocycles. The fourth-order valence-corrected chi connectivity index (χ4v) is 2.52. The summed E-state index contributed by atoms with van der Waals surface area (Å²) in [7, 11) is 0. The van der Waals surface area contributed by atoms with Crippen LogP contribution in [0, 0.1) is 0 Å². The van der Waals surface area contributed by atoms with Gasteiger partial charge in [-0.3, -0.25) is 4.79 Å². The Morgan fingerprint density at radius 2 is 2.00 bits per heavy atom. The van der Waals surface area contributed by atoms with Crippen LogP contribution < -0.4 is 5.32 Å². The van der Waals surface area contributed by atoms with Crippen molar-refractivity contribution >= 4 is 33.4 Å². The van der Waals surface area contributed by atoms with Gasteiger partial charge in [-0.05, 0) is 42.3 Å². The highest BCUT2D eigenvalue weighted by atomic mass is 79.9. The van der Waals surface area contributed by atoms with E-state index in [9.17, 15) is 4.79 Å². The normalized spacial score (nSPS) is 11.9. The Morgan fingerprint density at radius 1 is 1.25 bits per heavy atom. The van der Waals surface area contributed by atoms with Gasteiger partial charge in [0, 0.05) is 15.9 Å². The van der Waals surface area contributed by atoms with Gasteiger partial charge in [-0.25, -0.2) is 0 Å². The molecule has 2 aromatic rings. The number of hydrogen-bond acceptors (Lipinski definition) is 1. The molecule has 4 heteroatoms. The molecule has 2 nitrogen and oxygen atoms in total. The molecule has 0 aliphatic heterocycles. The zero-order chi connectivity index (χ0) is 14.5. The molecule has 0 unspecified atom stereocenters. The third-order valence-corrected chi connectivity index (χ3v) is 3.84. The van der Waals surface area contributed by atoms with Crippen LogP contribution in [0.4, 0.5) is 0 Å². The molecule has 0 spiro atoms. The molecular weight excluding hydrogens is 338 g/mol. The molecule has 104 valence electrons. The van der Waals surface area contributed by atoms with E-state index in [1.807, 2.05) is 49.4 Å². The number of carbonyl (C=O) groups is 1. The minimum absolute atomic E-state index is 0.0559. The van der Waals surface area contributed by atoms with Crippen molar-refractivity contribution in [2.24, 2.45) is 0 Å². The number of benzene rings is 2. The maximum Gasteiger partial charge on any atom is 0.251 e. The monoisotopic (exact) mass is 351 g/mol. The third kappa shape index (κ3) is 3.84. The summed E-state index contributed by atoms with van der Waals surface area (Å²) in [5.41, 5.74) is 2.63. The lowest BCUT2D eigenvalue weighted by Gasteiger charge is -2.15. The van der Waals surface area contributed by atoms with Gasteiger partial charge in [-0.15, -0.1) is 11.6 Å². The summed E-state index contributed by atoms with van der Waals surface area (Å²) in [4.78, 5) is 12.2. The van der Waals surface area contributed by atoms with Crippen LogP contribution in [-0.2, 0) is 5.88 Å². The third-order valence-electron chi connectivity index (χ3n) is 3.04. The van der Waals surface area contributed by atoms with Crippen molar-refractivity contribution in [3.63, 3.8) is 0 Å². The fraction of sp³-hybridized carbons (Fsp3) is 0.188. The van der Waals surface area contributed by atoms with Crippen LogP contribution in [0.5, 0.6) is 0 Å². The highest BCUT2D eigenvalue weighted by molar-refractivity contribution is 9.10. The van der Waals surface area contributed by atoms with Gasteiger partial charge < -0.3 is 5.32 Å². The zero-order valence-electron chi connectivity index (χ0n) is 11.1. The van der Waals surface area contributed by atoms with E-state index in [0.717, 1.165) is 15.6 Å². The first-order valence-electron chi connectivity index (χ1n) is 6.31. The summed E-state index contributed by atoms with van der Waals surface area (Å²) in [5.74, 6) is 0.312. The van der Waals surface area contributed by atoms with Gasteiger partial charge >= 0.3 is 0 Å². The highest BCUT2D eigenvalue weighted by Gasteiger charge is 2.11. The number of amides is 1. The van der Waals surface area contributed by atoms with Crippen LogP contribution in [0.15, 0.2) is 53.0 Å². The van der Waals surface area contributed by atoms with Crippen LogP contribution in [-0.4, -0.2) is 5.91 Å². The molecule has 0 bridgehead atoms. The molecule has 1 atom stereocenters. The summed E-state index contributed by atoms with van der Waals surface area (Å²) in [5, 5.41) is 2.99. The van der Waals surface area contributed by atoms with Gasteiger partial charge in [0.2, 0.25) is 0 Å². The fourth-order valence-electron chi connectivity index (χ4n) is 1.93. The van der Waals surface area contributed by atoms with Gasteiger partial charge in [0.1, 0.15) is 0 Å². The molecule has 0 fully saturated rings. The minimum atomic E-state index is -0.0931. The molecule has 2 rings (SSSR count). The van der Waals surface area contributed by atoms with Crippen molar-refractivity contribution in [3.05, 3.63) is 69.7 Å². The topological polar surface area (TPSA) is 29.1 Å². The van der Waals surface area contributed by atoms with E-state index in [-0.39, 0.29) is 11.9 Å². The van der Waals surface area contributed by atoms with E-state index in [0.29, 0.717) is 11.4 Å². The van der Waals surface area contributed by atoms with Crippen LogP contribution in [0.1, 0.15) is 34.5 Å². The summed E-state index contributed by atoms with van der Waals surface area (Å²) in [6.45, 7) is 1.96. The molecule has 0 aromatic heterocycles. The van der Waals surface area contributed by atoms with Gasteiger partial charge in [0.25, 0.3) is 5.91 Å². The first-order valence-corrected chi connectivity index (χ1v) is 7.64. The second kappa shape index (κ2) is 6.91. The SMILES string of the molecule is C[C@H](NC(=O)c1cccc(CCl)c1)c1cccc(Br)c1. The predicted molar refractivity (Wildman–Crippen MR) is 86.0 cm³/mol. The van der Waals surface area contributed by atoms with E-state index < -0.39 is 0 Å². The molecule has 2 aromatic carbocycles. The van der Waals surface area contributed by atoms with Gasteiger partial charge in [-0.2, -0.15) is 0 Å². The van der Waals surface area contributed by atoms with E-state index >= 15 is 0 Å². The average Bonchev–Trinajstić information content (AvgIpc) is 2.47. The average molecular weight is 353 g/mol. The van der Waals surface area contributed by atoms with E-state index in [4.69, 9.17) is 11.6 Å². The zero-order valence-corrected chi connectivity index (χ0v) is 13.4. The van der Waals surface area contributed by atoms with Gasteiger partial charge in [0.05, 0.1) is 6.04 Å². The lowest BCUT2D eigenvalue weighted by molar-refractivity contribution is 0.0940. The van der Waals surface area contributed by atoms with Crippen molar-refractivity contribution in [1.29, 1.82) is 0 Å². The largest absolute Gasteiger partial charge is 0.346 e. The second-order valence-corrected chi connectivity index (χ2v) is 5.77. The summed E-state index contributed by atoms with van der Waals surface area (Å²) >= 11 is 9.22. The van der Waals surface area contributed by atoms with Crippen molar-refractivity contribution in [2.45, 2.75) is 18.8 Å². The number of hydrogen-bond donors (Lipinski definition) is 1. The number of alkyl halides is 1. The Hall–Kier alpha value is -1.32. The van der Waals surface area contributed by atoms with Crippen LogP contribution in [0.2, 0.25) is 0 Å². The summed E-state index contributed by atoms with van der Waals surface area (Å²) in [6, 6.07) is 15.2. The number of carbonyl (C=O) groups excluding carboxylic acids is 1. The molecule has 0 saturated heterocycles. The lowest BCUT2D eigenvalue weighted by Crippen LogP contribution is -2.26. The maximum absolute atomic E-state index is 12.2. The first kappa shape index (κ1) is 15.1. The Morgan fingerprint density at radius 3 is 2.70 bits per heavy atom. The van der Waals surface area contributed by atoms with E-state index in [2.05, 4.69) is 21.2 Å². The van der Waals surface area contributed by atoms with Crippen molar-refractivity contribution in [1.82, 2.24) is 5.32 Å². The number of nitrogens with one attached hydrogen (secondary N) is 1. The van der Waals surface area contributed by atoms with Crippen molar-refractivity contribution < 1.29 is 4.79 Å². The maximum atomic E-state index is 12.2. The van der Waals surface area contributed by atoms with Crippen LogP contribution in [0.25, 0.3) is 0 Å². The van der Waals surface area contributed by atoms with Crippen molar-refractivity contribution in [2.75, 3.05) is 0 Å². The molecule has 0 aliphatic carbocycles. The smallest absolute Gasteiger partial charge is 0.251 e. The lowest BCUT2D eigenvalue weighted by atomic mass is 10.1. The predicted octanol–water partition coefficient (Wildman–Crippen LogP) is 4.68. The van der Waals surface area contributed by atoms with E-state index in [1.54, 1.807) is 6.07 Å². The van der Waals surface area contributed by atoms with E-state index in [1.165, 1.54) is 0 Å². The Labute approximate surface area is 132 Å². The van der Waals surface area contributed by atoms with Gasteiger partial charge in [-0.1, -0.05) is 40.2 Å². The molecule has 1 amide bonds. The van der Waals surface area contributed by atoms with Crippen LogP contribution >= 0.6 is 27.5 Å². The summed E-state index contributed by atoms with van der Waals surface area (Å²) in [6.07, 6.45) is 0. The summed E-state index contributed by atoms with van der Waals surface area (Å²) < 4.78 is 1.00. The minimum Gasteiger partial charge on any atom is -0.346 e. The Bertz CT molecular complexity index is 615. The molecule has 1 N–H and O–H groups in total. The van der Waals surface area contributed by atoms with Crippen LogP contribution in [0.3, 0.4) is 0 Å². The molecular formula is C16H15BrClNO. The standard InChI is InChI=1S/C16H15BrClNO/c1-11(13-5-3-7-15(17)9-13)19-16(20)14-6-2-4-12(8-14)10-18/h2-9,11H,10H2,1H3,(H,19,20)/t11-/m0/s1. The Kier molecular flexibility index (Phi) is 5.21. The Balaban J connectivity index is 2.10. The number of halogens is 2.